The van der Waals surface area contributed by atoms with Crippen LogP contribution in [-0.2, 0) is 0 Å². The van der Waals surface area contributed by atoms with Crippen molar-refractivity contribution in [1.82, 2.24) is 5.06 Å². The third-order valence-corrected chi connectivity index (χ3v) is 1.21. The van der Waals surface area contributed by atoms with Crippen LogP contribution >= 0.6 is 23.2 Å². The molecule has 0 aromatic carbocycles. The van der Waals surface area contributed by atoms with Crippen molar-refractivity contribution in [1.29, 1.82) is 0 Å². The molecule has 1 aliphatic rings. The summed E-state index contributed by atoms with van der Waals surface area (Å²) in [6, 6.07) is 0. The van der Waals surface area contributed by atoms with Gasteiger partial charge < -0.3 is 0 Å². The van der Waals surface area contributed by atoms with Crippen molar-refractivity contribution in [2.24, 2.45) is 9.98 Å². The molecule has 51 valence electrons. The maximum Gasteiger partial charge on any atom is 0.224 e. The topological polar surface area (TPSA) is 48.2 Å². The SMILES string of the molecule is ON1C=NC(Cl)=NC1Cl.[Na]. The van der Waals surface area contributed by atoms with Crippen LogP contribution in [-0.4, -0.2) is 57.1 Å². The number of halogens is 2. The number of hydroxylamine groups is 2. The molecule has 0 aromatic heterocycles. The van der Waals surface area contributed by atoms with Gasteiger partial charge in [0.05, 0.1) is 0 Å². The minimum absolute atomic E-state index is 0. The molecule has 1 heterocycles. The summed E-state index contributed by atoms with van der Waals surface area (Å²) in [6.07, 6.45) is 1.09. The molecule has 1 aliphatic heterocycles. The number of nitrogens with zero attached hydrogens (tertiary/aromatic N) is 3. The van der Waals surface area contributed by atoms with Gasteiger partial charge in [0.25, 0.3) is 0 Å². The van der Waals surface area contributed by atoms with Gasteiger partial charge in [0.1, 0.15) is 6.34 Å². The van der Waals surface area contributed by atoms with Gasteiger partial charge in [-0.1, -0.05) is 11.6 Å². The summed E-state index contributed by atoms with van der Waals surface area (Å²) in [5.41, 5.74) is -0.852. The number of amidine groups is 1. The van der Waals surface area contributed by atoms with Crippen molar-refractivity contribution in [2.75, 3.05) is 0 Å². The molecule has 0 bridgehead atoms. The molecule has 0 aromatic rings. The average molecular weight is 191 g/mol. The van der Waals surface area contributed by atoms with Crippen LogP contribution in [0.15, 0.2) is 9.98 Å². The first-order chi connectivity index (χ1) is 4.20. The third-order valence-electron chi connectivity index (χ3n) is 0.714. The number of hydrogen-bond donors (Lipinski definition) is 1. The fourth-order valence-electron chi connectivity index (χ4n) is 0.342. The van der Waals surface area contributed by atoms with E-state index in [9.17, 15) is 0 Å². The van der Waals surface area contributed by atoms with Gasteiger partial charge in [-0.3, -0.25) is 5.21 Å². The number of alkyl halides is 1. The van der Waals surface area contributed by atoms with E-state index in [1.165, 1.54) is 0 Å². The van der Waals surface area contributed by atoms with Crippen molar-refractivity contribution in [3.05, 3.63) is 0 Å². The van der Waals surface area contributed by atoms with Gasteiger partial charge in [-0.25, -0.2) is 15.0 Å². The molecule has 0 aliphatic carbocycles. The van der Waals surface area contributed by atoms with Crippen LogP contribution < -0.4 is 0 Å². The fourth-order valence-corrected chi connectivity index (χ4v) is 0.671. The molecule has 1 radical (unpaired) electrons. The third kappa shape index (κ3) is 2.74. The van der Waals surface area contributed by atoms with E-state index in [1.807, 2.05) is 0 Å². The van der Waals surface area contributed by atoms with E-state index in [4.69, 9.17) is 28.4 Å². The van der Waals surface area contributed by atoms with Gasteiger partial charge in [0.2, 0.25) is 10.9 Å². The van der Waals surface area contributed by atoms with Crippen molar-refractivity contribution >= 4 is 64.4 Å². The standard InChI is InChI=1S/C3H3Cl2N3O.Na/c4-2-6-1-8(9)3(5)7-2;/h1,3,9H;. The zero-order valence-corrected chi connectivity index (χ0v) is 8.71. The van der Waals surface area contributed by atoms with Gasteiger partial charge in [-0.2, -0.15) is 0 Å². The van der Waals surface area contributed by atoms with E-state index >= 15 is 0 Å². The van der Waals surface area contributed by atoms with Crippen LogP contribution in [0, 0.1) is 0 Å². The summed E-state index contributed by atoms with van der Waals surface area (Å²) in [4.78, 5) is 6.93. The summed E-state index contributed by atoms with van der Waals surface area (Å²) >= 11 is 10.7. The normalized spacial score (nSPS) is 23.7. The first kappa shape index (κ1) is 10.7. The van der Waals surface area contributed by atoms with Crippen LogP contribution in [0.25, 0.3) is 0 Å². The first-order valence-corrected chi connectivity index (χ1v) is 2.90. The zero-order chi connectivity index (χ0) is 6.85. The van der Waals surface area contributed by atoms with Crippen LogP contribution in [0.4, 0.5) is 0 Å². The summed E-state index contributed by atoms with van der Waals surface area (Å²) in [6.45, 7) is 0. The fraction of sp³-hybridized carbons (Fsp3) is 0.333. The van der Waals surface area contributed by atoms with E-state index in [-0.39, 0.29) is 34.9 Å². The van der Waals surface area contributed by atoms with Crippen LogP contribution in [0.2, 0.25) is 0 Å². The molecule has 4 nitrogen and oxygen atoms in total. The van der Waals surface area contributed by atoms with Crippen molar-refractivity contribution < 1.29 is 5.21 Å². The Kier molecular flexibility index (Phi) is 4.84. The van der Waals surface area contributed by atoms with E-state index in [0.29, 0.717) is 5.06 Å². The second kappa shape index (κ2) is 4.54. The molecular formula is C3H3Cl2N3NaO. The second-order valence-electron chi connectivity index (χ2n) is 1.33. The van der Waals surface area contributed by atoms with E-state index in [2.05, 4.69) is 9.98 Å². The van der Waals surface area contributed by atoms with E-state index in [0.717, 1.165) is 6.34 Å². The average Bonchev–Trinajstić information content (AvgIpc) is 1.80. The largest absolute Gasteiger partial charge is 0.284 e. The summed E-state index contributed by atoms with van der Waals surface area (Å²) in [7, 11) is 0. The Morgan fingerprint density at radius 2 is 2.30 bits per heavy atom. The molecule has 1 rings (SSSR count). The monoisotopic (exact) mass is 190 g/mol. The molecule has 1 unspecified atom stereocenters. The predicted molar refractivity (Wildman–Crippen MR) is 40.8 cm³/mol. The number of rotatable bonds is 0. The van der Waals surface area contributed by atoms with Crippen LogP contribution in [0.3, 0.4) is 0 Å². The Bertz CT molecular complexity index is 173. The molecule has 0 spiro atoms. The quantitative estimate of drug-likeness (QED) is 0.343. The molecule has 0 amide bonds. The summed E-state index contributed by atoms with van der Waals surface area (Å²) in [5.74, 6) is 0. The second-order valence-corrected chi connectivity index (χ2v) is 2.06. The van der Waals surface area contributed by atoms with Gasteiger partial charge in [-0.05, 0) is 11.6 Å². The van der Waals surface area contributed by atoms with Gasteiger partial charge in [0.15, 0.2) is 0 Å². The van der Waals surface area contributed by atoms with Crippen LogP contribution in [0.1, 0.15) is 0 Å². The van der Waals surface area contributed by atoms with Crippen LogP contribution in [0.5, 0.6) is 0 Å². The first-order valence-electron chi connectivity index (χ1n) is 2.09. The van der Waals surface area contributed by atoms with Crippen molar-refractivity contribution in [2.45, 2.75) is 5.62 Å². The van der Waals surface area contributed by atoms with Gasteiger partial charge in [0, 0.05) is 29.6 Å². The smallest absolute Gasteiger partial charge is 0.224 e. The Balaban J connectivity index is 0.000000810. The van der Waals surface area contributed by atoms with Gasteiger partial charge >= 0.3 is 0 Å². The van der Waals surface area contributed by atoms with E-state index < -0.39 is 5.62 Å². The maximum atomic E-state index is 8.68. The Labute approximate surface area is 89.8 Å². The molecule has 0 fully saturated rings. The number of hydrogen-bond acceptors (Lipinski definition) is 4. The predicted octanol–water partition coefficient (Wildman–Crippen LogP) is 0.456. The summed E-state index contributed by atoms with van der Waals surface area (Å²) < 4.78 is 0. The van der Waals surface area contributed by atoms with E-state index in [1.54, 1.807) is 0 Å². The minimum Gasteiger partial charge on any atom is -0.284 e. The molecule has 0 saturated carbocycles. The number of aliphatic imine (C=N–C) groups is 2. The molecule has 1 atom stereocenters. The molecule has 7 heteroatoms. The molecule has 0 saturated heterocycles. The van der Waals surface area contributed by atoms with Gasteiger partial charge in [-0.15, -0.1) is 0 Å². The Morgan fingerprint density at radius 1 is 1.70 bits per heavy atom. The Morgan fingerprint density at radius 3 is 2.70 bits per heavy atom. The maximum absolute atomic E-state index is 8.68. The minimum atomic E-state index is -0.852. The zero-order valence-electron chi connectivity index (χ0n) is 5.20. The summed E-state index contributed by atoms with van der Waals surface area (Å²) in [5, 5.41) is 9.37. The van der Waals surface area contributed by atoms with Crippen molar-refractivity contribution in [3.8, 4) is 0 Å². The Hall–Kier alpha value is 0.680. The van der Waals surface area contributed by atoms with Crippen molar-refractivity contribution in [3.63, 3.8) is 0 Å². The molecular weight excluding hydrogens is 188 g/mol. The molecule has 1 N–H and O–H groups in total. The molecule has 10 heavy (non-hydrogen) atoms.